The van der Waals surface area contributed by atoms with Gasteiger partial charge in [-0.3, -0.25) is 4.90 Å². The molecule has 5 nitrogen and oxygen atoms in total. The zero-order valence-corrected chi connectivity index (χ0v) is 15.6. The number of nitrogens with zero attached hydrogens (tertiary/aromatic N) is 1. The number of carbonyl (C=O) groups is 1. The van der Waals surface area contributed by atoms with Crippen molar-refractivity contribution in [1.29, 1.82) is 0 Å². The number of piperidine rings is 3. The third-order valence-corrected chi connectivity index (χ3v) is 5.96. The van der Waals surface area contributed by atoms with Crippen LogP contribution in [-0.4, -0.2) is 42.3 Å². The lowest BCUT2D eigenvalue weighted by Gasteiger charge is -2.44. The number of amides is 1. The number of hydrogen-bond donors (Lipinski definition) is 1. The smallest absolute Gasteiger partial charge is 0.408 e. The third kappa shape index (κ3) is 2.90. The molecule has 4 heterocycles. The first-order chi connectivity index (χ1) is 11.4. The number of nitrogens with one attached hydrogen (secondary N) is 1. The van der Waals surface area contributed by atoms with Crippen molar-refractivity contribution in [3.8, 4) is 5.75 Å². The molecule has 2 bridgehead atoms. The van der Waals surface area contributed by atoms with Gasteiger partial charge >= 0.3 is 6.09 Å². The Kier molecular flexibility index (Phi) is 4.00. The van der Waals surface area contributed by atoms with Crippen molar-refractivity contribution >= 4 is 22.0 Å². The van der Waals surface area contributed by atoms with Crippen LogP contribution >= 0.6 is 15.9 Å². The minimum Gasteiger partial charge on any atom is -0.485 e. The molecule has 1 N–H and O–H groups in total. The van der Waals surface area contributed by atoms with Gasteiger partial charge in [0.15, 0.2) is 0 Å². The lowest BCUT2D eigenvalue weighted by molar-refractivity contribution is -0.0358. The summed E-state index contributed by atoms with van der Waals surface area (Å²) < 4.78 is 12.7. The predicted molar refractivity (Wildman–Crippen MR) is 94.2 cm³/mol. The van der Waals surface area contributed by atoms with E-state index in [9.17, 15) is 4.79 Å². The lowest BCUT2D eigenvalue weighted by atomic mass is 9.86. The Morgan fingerprint density at radius 2 is 2.12 bits per heavy atom. The predicted octanol–water partition coefficient (Wildman–Crippen LogP) is 3.48. The second-order valence-corrected chi connectivity index (χ2v) is 8.46. The summed E-state index contributed by atoms with van der Waals surface area (Å²) in [6.45, 7) is 7.11. The first-order valence-corrected chi connectivity index (χ1v) is 9.40. The fourth-order valence-electron chi connectivity index (χ4n) is 4.14. The number of halogens is 1. The van der Waals surface area contributed by atoms with E-state index in [-0.39, 0.29) is 18.2 Å². The summed E-state index contributed by atoms with van der Waals surface area (Å²) in [5.74, 6) is 1.33. The average Bonchev–Trinajstić information content (AvgIpc) is 2.79. The molecule has 3 saturated heterocycles. The number of ether oxygens (including phenoxy) is 2. The number of carbonyl (C=O) groups excluding carboxylic acids is 1. The Bertz CT molecular complexity index is 656. The van der Waals surface area contributed by atoms with Gasteiger partial charge in [-0.1, -0.05) is 15.9 Å². The summed E-state index contributed by atoms with van der Waals surface area (Å²) in [7, 11) is 0. The van der Waals surface area contributed by atoms with E-state index in [2.05, 4.69) is 26.1 Å². The molecule has 0 aromatic heterocycles. The van der Waals surface area contributed by atoms with Gasteiger partial charge in [-0.25, -0.2) is 4.79 Å². The molecule has 130 valence electrons. The largest absolute Gasteiger partial charge is 0.485 e. The van der Waals surface area contributed by atoms with E-state index in [1.165, 1.54) is 0 Å². The molecule has 0 radical (unpaired) electrons. The highest BCUT2D eigenvalue weighted by molar-refractivity contribution is 9.10. The van der Waals surface area contributed by atoms with Gasteiger partial charge in [-0.05, 0) is 63.9 Å². The highest BCUT2D eigenvalue weighted by atomic mass is 79.9. The van der Waals surface area contributed by atoms with E-state index in [1.54, 1.807) is 0 Å². The molecule has 2 atom stereocenters. The van der Waals surface area contributed by atoms with Gasteiger partial charge in [0.2, 0.25) is 0 Å². The minimum absolute atomic E-state index is 0.0138. The molecule has 4 aliphatic rings. The molecule has 4 aliphatic heterocycles. The molecular formula is C18H23BrN2O3. The number of benzene rings is 1. The molecule has 0 spiro atoms. The molecule has 24 heavy (non-hydrogen) atoms. The number of fused-ring (bicyclic) bond motifs is 4. The van der Waals surface area contributed by atoms with Gasteiger partial charge in [0, 0.05) is 16.6 Å². The molecule has 6 heteroatoms. The van der Waals surface area contributed by atoms with E-state index in [0.717, 1.165) is 48.3 Å². The van der Waals surface area contributed by atoms with Crippen LogP contribution < -0.4 is 10.1 Å². The molecule has 1 unspecified atom stereocenters. The molecular weight excluding hydrogens is 372 g/mol. The molecule has 1 aromatic rings. The van der Waals surface area contributed by atoms with Crippen LogP contribution in [0.4, 0.5) is 4.79 Å². The normalized spacial score (nSPS) is 32.8. The first kappa shape index (κ1) is 16.2. The van der Waals surface area contributed by atoms with Crippen molar-refractivity contribution in [2.75, 3.05) is 19.6 Å². The maximum Gasteiger partial charge on any atom is 0.408 e. The van der Waals surface area contributed by atoms with Crippen molar-refractivity contribution in [2.24, 2.45) is 5.92 Å². The summed E-state index contributed by atoms with van der Waals surface area (Å²) in [6.07, 6.45) is 1.93. The van der Waals surface area contributed by atoms with Crippen molar-refractivity contribution in [2.45, 2.75) is 44.4 Å². The van der Waals surface area contributed by atoms with E-state index < -0.39 is 5.60 Å². The van der Waals surface area contributed by atoms with Crippen molar-refractivity contribution in [3.63, 3.8) is 0 Å². The van der Waals surface area contributed by atoms with Crippen LogP contribution in [0.2, 0.25) is 0 Å². The van der Waals surface area contributed by atoms with Crippen LogP contribution in [0, 0.1) is 5.92 Å². The summed E-state index contributed by atoms with van der Waals surface area (Å²) in [6, 6.07) is 5.66. The SMILES string of the molecule is CC1(C)Oc2ccc(Br)cc2C1NC(=O)O[C@H]1CN2CCC1CC2. The van der Waals surface area contributed by atoms with Gasteiger partial charge in [-0.2, -0.15) is 0 Å². The zero-order valence-electron chi connectivity index (χ0n) is 14.0. The van der Waals surface area contributed by atoms with Crippen LogP contribution in [0.5, 0.6) is 5.75 Å². The molecule has 1 amide bonds. The summed E-state index contributed by atoms with van der Waals surface area (Å²) in [5.41, 5.74) is 0.484. The van der Waals surface area contributed by atoms with Crippen molar-refractivity contribution in [3.05, 3.63) is 28.2 Å². The van der Waals surface area contributed by atoms with Crippen LogP contribution in [0.25, 0.3) is 0 Å². The highest BCUT2D eigenvalue weighted by Crippen LogP contribution is 2.44. The monoisotopic (exact) mass is 394 g/mol. The van der Waals surface area contributed by atoms with Crippen LogP contribution in [0.1, 0.15) is 38.3 Å². The number of hydrogen-bond acceptors (Lipinski definition) is 4. The maximum absolute atomic E-state index is 12.5. The van der Waals surface area contributed by atoms with Gasteiger partial charge in [-0.15, -0.1) is 0 Å². The molecule has 0 aliphatic carbocycles. The summed E-state index contributed by atoms with van der Waals surface area (Å²) in [4.78, 5) is 14.9. The van der Waals surface area contributed by atoms with Gasteiger partial charge in [0.05, 0.1) is 0 Å². The Labute approximate surface area is 150 Å². The molecule has 0 saturated carbocycles. The topological polar surface area (TPSA) is 50.8 Å². The quantitative estimate of drug-likeness (QED) is 0.833. The van der Waals surface area contributed by atoms with Crippen molar-refractivity contribution < 1.29 is 14.3 Å². The third-order valence-electron chi connectivity index (χ3n) is 5.47. The Hall–Kier alpha value is -1.27. The second kappa shape index (κ2) is 5.92. The lowest BCUT2D eigenvalue weighted by Crippen LogP contribution is -2.53. The van der Waals surface area contributed by atoms with Crippen LogP contribution in [0.3, 0.4) is 0 Å². The van der Waals surface area contributed by atoms with E-state index >= 15 is 0 Å². The number of alkyl carbamates (subject to hydrolysis) is 1. The Morgan fingerprint density at radius 1 is 1.38 bits per heavy atom. The van der Waals surface area contributed by atoms with Gasteiger partial charge in [0.25, 0.3) is 0 Å². The van der Waals surface area contributed by atoms with Crippen LogP contribution in [-0.2, 0) is 4.74 Å². The minimum atomic E-state index is -0.503. The second-order valence-electron chi connectivity index (χ2n) is 7.55. The molecule has 1 aromatic carbocycles. The van der Waals surface area contributed by atoms with Crippen molar-refractivity contribution in [1.82, 2.24) is 10.2 Å². The highest BCUT2D eigenvalue weighted by Gasteiger charge is 2.43. The Morgan fingerprint density at radius 3 is 2.79 bits per heavy atom. The average molecular weight is 395 g/mol. The van der Waals surface area contributed by atoms with Crippen LogP contribution in [0.15, 0.2) is 22.7 Å². The summed E-state index contributed by atoms with van der Waals surface area (Å²) >= 11 is 3.49. The number of rotatable bonds is 2. The standard InChI is InChI=1S/C18H23BrN2O3/c1-18(2)16(13-9-12(19)3-4-14(13)24-18)20-17(22)23-15-10-21-7-5-11(15)6-8-21/h3-4,9,11,15-16H,5-8,10H2,1-2H3,(H,20,22)/t15-,16?/m0/s1. The van der Waals surface area contributed by atoms with Gasteiger partial charge < -0.3 is 14.8 Å². The molecule has 3 fully saturated rings. The zero-order chi connectivity index (χ0) is 16.9. The fraction of sp³-hybridized carbons (Fsp3) is 0.611. The maximum atomic E-state index is 12.5. The molecule has 5 rings (SSSR count). The fourth-order valence-corrected chi connectivity index (χ4v) is 4.52. The summed E-state index contributed by atoms with van der Waals surface area (Å²) in [5, 5.41) is 3.03. The van der Waals surface area contributed by atoms with E-state index in [0.29, 0.717) is 5.92 Å². The Balaban J connectivity index is 1.46. The van der Waals surface area contributed by atoms with E-state index in [1.807, 2.05) is 32.0 Å². The van der Waals surface area contributed by atoms with E-state index in [4.69, 9.17) is 9.47 Å². The first-order valence-electron chi connectivity index (χ1n) is 8.60. The van der Waals surface area contributed by atoms with Gasteiger partial charge in [0.1, 0.15) is 23.5 Å².